The standard InChI is InChI=1S/C23H31N7O4/c1-4-30-22-17(11-25-30)21(26-16-5-7-32-8-6-16)18(10-24-22)23-27-19(28-34-23)9-20(31)29-12-14(2)33-15(3)13-29/h10-11,14-16H,4-9,12-13H2,1-3H3,(H,24,26). The molecule has 0 bridgehead atoms. The van der Waals surface area contributed by atoms with Gasteiger partial charge in [0.1, 0.15) is 0 Å². The van der Waals surface area contributed by atoms with Gasteiger partial charge in [-0.1, -0.05) is 5.16 Å². The first-order valence-electron chi connectivity index (χ1n) is 12.0. The van der Waals surface area contributed by atoms with Crippen molar-refractivity contribution in [2.24, 2.45) is 0 Å². The van der Waals surface area contributed by atoms with Crippen molar-refractivity contribution < 1.29 is 18.8 Å². The molecule has 11 nitrogen and oxygen atoms in total. The Balaban J connectivity index is 1.41. The van der Waals surface area contributed by atoms with E-state index in [0.29, 0.717) is 30.4 Å². The smallest absolute Gasteiger partial charge is 0.261 e. The van der Waals surface area contributed by atoms with Crippen LogP contribution in [0.2, 0.25) is 0 Å². The van der Waals surface area contributed by atoms with E-state index in [0.717, 1.165) is 49.3 Å². The van der Waals surface area contributed by atoms with Crippen LogP contribution >= 0.6 is 0 Å². The van der Waals surface area contributed by atoms with Crippen LogP contribution in [0.1, 0.15) is 39.4 Å². The van der Waals surface area contributed by atoms with Crippen molar-refractivity contribution in [3.05, 3.63) is 18.2 Å². The fraction of sp³-hybridized carbons (Fsp3) is 0.609. The summed E-state index contributed by atoms with van der Waals surface area (Å²) in [4.78, 5) is 23.8. The van der Waals surface area contributed by atoms with Crippen molar-refractivity contribution in [2.75, 3.05) is 31.6 Å². The Bertz CT molecular complexity index is 1140. The number of hydrogen-bond acceptors (Lipinski definition) is 9. The number of carbonyl (C=O) groups excluding carboxylic acids is 1. The molecule has 2 saturated heterocycles. The van der Waals surface area contributed by atoms with Gasteiger partial charge in [-0.2, -0.15) is 10.1 Å². The molecule has 2 atom stereocenters. The summed E-state index contributed by atoms with van der Waals surface area (Å²) in [5, 5.41) is 13.1. The third-order valence-electron chi connectivity index (χ3n) is 6.32. The van der Waals surface area contributed by atoms with Crippen LogP contribution in [0.5, 0.6) is 0 Å². The molecule has 2 fully saturated rings. The zero-order valence-electron chi connectivity index (χ0n) is 19.9. The van der Waals surface area contributed by atoms with Gasteiger partial charge >= 0.3 is 0 Å². The third-order valence-corrected chi connectivity index (χ3v) is 6.32. The van der Waals surface area contributed by atoms with E-state index in [1.807, 2.05) is 31.6 Å². The van der Waals surface area contributed by atoms with Gasteiger partial charge in [0.05, 0.1) is 41.5 Å². The van der Waals surface area contributed by atoms with Crippen molar-refractivity contribution in [2.45, 2.75) is 64.8 Å². The maximum Gasteiger partial charge on any atom is 0.261 e. The number of nitrogens with one attached hydrogen (secondary N) is 1. The van der Waals surface area contributed by atoms with E-state index in [1.165, 1.54) is 0 Å². The molecule has 0 aromatic carbocycles. The zero-order chi connectivity index (χ0) is 23.7. The predicted octanol–water partition coefficient (Wildman–Crippen LogP) is 2.27. The fourth-order valence-corrected chi connectivity index (χ4v) is 4.69. The molecular formula is C23H31N7O4. The fourth-order valence-electron chi connectivity index (χ4n) is 4.69. The Hall–Kier alpha value is -3.05. The number of carbonyl (C=O) groups is 1. The van der Waals surface area contributed by atoms with Gasteiger partial charge in [0, 0.05) is 45.1 Å². The van der Waals surface area contributed by atoms with E-state index in [9.17, 15) is 4.79 Å². The maximum absolute atomic E-state index is 12.8. The summed E-state index contributed by atoms with van der Waals surface area (Å²) >= 11 is 0. The van der Waals surface area contributed by atoms with Crippen LogP contribution in [-0.2, 0) is 27.2 Å². The molecule has 1 amide bonds. The molecule has 0 aliphatic carbocycles. The number of aromatic nitrogens is 5. The van der Waals surface area contributed by atoms with Gasteiger partial charge in [0.15, 0.2) is 11.5 Å². The minimum atomic E-state index is -0.0345. The number of pyridine rings is 1. The third kappa shape index (κ3) is 4.62. The summed E-state index contributed by atoms with van der Waals surface area (Å²) in [5.41, 5.74) is 2.37. The second-order valence-electron chi connectivity index (χ2n) is 9.02. The molecule has 0 saturated carbocycles. The summed E-state index contributed by atoms with van der Waals surface area (Å²) in [6, 6.07) is 0.261. The number of morpholine rings is 1. The molecule has 3 aromatic rings. The highest BCUT2D eigenvalue weighted by Crippen LogP contribution is 2.34. The summed E-state index contributed by atoms with van der Waals surface area (Å²) in [6.07, 6.45) is 5.47. The number of ether oxygens (including phenoxy) is 2. The monoisotopic (exact) mass is 469 g/mol. The molecule has 11 heteroatoms. The first-order chi connectivity index (χ1) is 16.5. The second-order valence-corrected chi connectivity index (χ2v) is 9.02. The Morgan fingerprint density at radius 3 is 2.68 bits per heavy atom. The molecule has 34 heavy (non-hydrogen) atoms. The van der Waals surface area contributed by atoms with Gasteiger partial charge in [-0.3, -0.25) is 4.79 Å². The molecule has 1 N–H and O–H groups in total. The molecule has 5 heterocycles. The van der Waals surface area contributed by atoms with Crippen LogP contribution < -0.4 is 5.32 Å². The maximum atomic E-state index is 12.8. The first kappa shape index (κ1) is 22.7. The van der Waals surface area contributed by atoms with Crippen molar-refractivity contribution in [3.8, 4) is 11.5 Å². The Morgan fingerprint density at radius 2 is 1.94 bits per heavy atom. The highest BCUT2D eigenvalue weighted by atomic mass is 16.5. The second kappa shape index (κ2) is 9.67. The van der Waals surface area contributed by atoms with Crippen LogP contribution in [0.4, 0.5) is 5.69 Å². The lowest BCUT2D eigenvalue weighted by Gasteiger charge is -2.35. The molecule has 3 aromatic heterocycles. The summed E-state index contributed by atoms with van der Waals surface area (Å²) < 4.78 is 18.7. The molecule has 2 aliphatic heterocycles. The molecule has 182 valence electrons. The molecule has 2 aliphatic rings. The van der Waals surface area contributed by atoms with Crippen molar-refractivity contribution >= 4 is 22.6 Å². The number of amides is 1. The van der Waals surface area contributed by atoms with Crippen LogP contribution in [0, 0.1) is 0 Å². The Morgan fingerprint density at radius 1 is 1.18 bits per heavy atom. The van der Waals surface area contributed by atoms with E-state index in [1.54, 1.807) is 11.1 Å². The van der Waals surface area contributed by atoms with Gasteiger partial charge < -0.3 is 24.2 Å². The lowest BCUT2D eigenvalue weighted by molar-refractivity contribution is -0.142. The number of anilines is 1. The van der Waals surface area contributed by atoms with Gasteiger partial charge in [0.2, 0.25) is 5.91 Å². The van der Waals surface area contributed by atoms with Crippen LogP contribution in [0.3, 0.4) is 0 Å². The largest absolute Gasteiger partial charge is 0.381 e. The number of aryl methyl sites for hydroxylation is 1. The van der Waals surface area contributed by atoms with Crippen LogP contribution in [-0.4, -0.2) is 80.3 Å². The van der Waals surface area contributed by atoms with Crippen molar-refractivity contribution in [1.82, 2.24) is 29.8 Å². The van der Waals surface area contributed by atoms with Gasteiger partial charge in [0.25, 0.3) is 5.89 Å². The molecule has 5 rings (SSSR count). The van der Waals surface area contributed by atoms with E-state index in [-0.39, 0.29) is 30.6 Å². The number of fused-ring (bicyclic) bond motifs is 1. The highest BCUT2D eigenvalue weighted by Gasteiger charge is 2.28. The van der Waals surface area contributed by atoms with E-state index >= 15 is 0 Å². The van der Waals surface area contributed by atoms with E-state index < -0.39 is 0 Å². The highest BCUT2D eigenvalue weighted by molar-refractivity contribution is 5.96. The van der Waals surface area contributed by atoms with Gasteiger partial charge in [-0.25, -0.2) is 9.67 Å². The lowest BCUT2D eigenvalue weighted by atomic mass is 10.1. The molecule has 0 spiro atoms. The minimum Gasteiger partial charge on any atom is -0.381 e. The van der Waals surface area contributed by atoms with Crippen LogP contribution in [0.15, 0.2) is 16.9 Å². The SMILES string of the molecule is CCn1ncc2c(NC3CCOCC3)c(-c3nc(CC(=O)N4CC(C)OC(C)C4)no3)cnc21. The molecule has 2 unspecified atom stereocenters. The molecule has 0 radical (unpaired) electrons. The minimum absolute atomic E-state index is 0.00851. The molecular weight excluding hydrogens is 438 g/mol. The summed E-state index contributed by atoms with van der Waals surface area (Å²) in [5.74, 6) is 0.653. The van der Waals surface area contributed by atoms with E-state index in [4.69, 9.17) is 14.0 Å². The normalized spacial score (nSPS) is 21.8. The number of hydrogen-bond donors (Lipinski definition) is 1. The topological polar surface area (TPSA) is 120 Å². The predicted molar refractivity (Wildman–Crippen MR) is 124 cm³/mol. The quantitative estimate of drug-likeness (QED) is 0.579. The average molecular weight is 470 g/mol. The average Bonchev–Trinajstić information content (AvgIpc) is 3.46. The van der Waals surface area contributed by atoms with Crippen molar-refractivity contribution in [3.63, 3.8) is 0 Å². The first-order valence-corrected chi connectivity index (χ1v) is 12.0. The Labute approximate surface area is 197 Å². The number of rotatable bonds is 6. The lowest BCUT2D eigenvalue weighted by Crippen LogP contribution is -2.48. The summed E-state index contributed by atoms with van der Waals surface area (Å²) in [6.45, 7) is 9.27. The van der Waals surface area contributed by atoms with E-state index in [2.05, 4.69) is 25.5 Å². The zero-order valence-corrected chi connectivity index (χ0v) is 19.9. The van der Waals surface area contributed by atoms with Gasteiger partial charge in [-0.05, 0) is 33.6 Å². The van der Waals surface area contributed by atoms with Crippen molar-refractivity contribution in [1.29, 1.82) is 0 Å². The summed E-state index contributed by atoms with van der Waals surface area (Å²) in [7, 11) is 0. The number of nitrogens with zero attached hydrogens (tertiary/aromatic N) is 6. The van der Waals surface area contributed by atoms with Crippen LogP contribution in [0.25, 0.3) is 22.5 Å². The Kier molecular flexibility index (Phi) is 6.46. The van der Waals surface area contributed by atoms with Gasteiger partial charge in [-0.15, -0.1) is 0 Å².